The van der Waals surface area contributed by atoms with Crippen LogP contribution in [-0.2, 0) is 6.54 Å². The van der Waals surface area contributed by atoms with Crippen molar-refractivity contribution in [1.82, 2.24) is 19.5 Å². The van der Waals surface area contributed by atoms with Gasteiger partial charge in [0.2, 0.25) is 4.96 Å². The van der Waals surface area contributed by atoms with Crippen LogP contribution in [0.3, 0.4) is 0 Å². The van der Waals surface area contributed by atoms with Crippen molar-refractivity contribution in [2.75, 3.05) is 0 Å². The first-order chi connectivity index (χ1) is 9.04. The largest absolute Gasteiger partial charge is 0.292 e. The van der Waals surface area contributed by atoms with Crippen molar-refractivity contribution in [2.45, 2.75) is 52.2 Å². The van der Waals surface area contributed by atoms with E-state index in [4.69, 9.17) is 0 Å². The molecule has 0 N–H and O–H groups in total. The topological polar surface area (TPSA) is 50.5 Å². The molecule has 0 spiro atoms. The van der Waals surface area contributed by atoms with E-state index in [0.29, 0.717) is 17.0 Å². The molecule has 0 aromatic carbocycles. The molecule has 0 saturated heterocycles. The van der Waals surface area contributed by atoms with Gasteiger partial charge < -0.3 is 0 Å². The summed E-state index contributed by atoms with van der Waals surface area (Å²) in [5.74, 6) is 0. The van der Waals surface area contributed by atoms with Crippen molar-refractivity contribution < 1.29 is 0 Å². The van der Waals surface area contributed by atoms with Gasteiger partial charge in [0.05, 0.1) is 5.69 Å². The smallest absolute Gasteiger partial charge is 0.275 e. The lowest BCUT2D eigenvalue weighted by Crippen LogP contribution is -2.33. The maximum atomic E-state index is 12.0. The average molecular weight is 278 g/mol. The molecule has 0 atom stereocenters. The lowest BCUT2D eigenvalue weighted by Gasteiger charge is -2.25. The van der Waals surface area contributed by atoms with E-state index in [0.717, 1.165) is 17.2 Å². The SMILES string of the molecule is Cc1nn2c(=O)cc(CN(C(C)C)C3CC3)nc2s1. The summed E-state index contributed by atoms with van der Waals surface area (Å²) in [4.78, 5) is 19.7. The first-order valence-corrected chi connectivity index (χ1v) is 7.48. The lowest BCUT2D eigenvalue weighted by molar-refractivity contribution is 0.200. The molecule has 2 aromatic rings. The standard InChI is InChI=1S/C13H18N4OS/c1-8(2)16(11-4-5-11)7-10-6-12(18)17-13(14-10)19-9(3)15-17/h6,8,11H,4-5,7H2,1-3H3. The number of rotatable bonds is 4. The van der Waals surface area contributed by atoms with Crippen LogP contribution >= 0.6 is 11.3 Å². The zero-order valence-electron chi connectivity index (χ0n) is 11.5. The highest BCUT2D eigenvalue weighted by atomic mass is 32.1. The van der Waals surface area contributed by atoms with E-state index >= 15 is 0 Å². The Kier molecular flexibility index (Phi) is 3.14. The highest BCUT2D eigenvalue weighted by Crippen LogP contribution is 2.29. The van der Waals surface area contributed by atoms with Gasteiger partial charge in [-0.3, -0.25) is 9.69 Å². The molecule has 2 aromatic heterocycles. The molecule has 3 rings (SSSR count). The van der Waals surface area contributed by atoms with Gasteiger partial charge in [-0.1, -0.05) is 11.3 Å². The molecule has 102 valence electrons. The Hall–Kier alpha value is -1.27. The zero-order valence-corrected chi connectivity index (χ0v) is 12.3. The minimum atomic E-state index is -0.0798. The van der Waals surface area contributed by atoms with Gasteiger partial charge >= 0.3 is 0 Å². The van der Waals surface area contributed by atoms with E-state index in [1.54, 1.807) is 6.07 Å². The van der Waals surface area contributed by atoms with Crippen LogP contribution in [0.25, 0.3) is 4.96 Å². The minimum absolute atomic E-state index is 0.0798. The Labute approximate surface area is 115 Å². The fourth-order valence-electron chi connectivity index (χ4n) is 2.36. The third-order valence-electron chi connectivity index (χ3n) is 3.42. The third-order valence-corrected chi connectivity index (χ3v) is 4.25. The van der Waals surface area contributed by atoms with Crippen molar-refractivity contribution in [3.8, 4) is 0 Å². The summed E-state index contributed by atoms with van der Waals surface area (Å²) in [7, 11) is 0. The number of hydrogen-bond acceptors (Lipinski definition) is 5. The van der Waals surface area contributed by atoms with Crippen molar-refractivity contribution in [3.63, 3.8) is 0 Å². The first kappa shape index (κ1) is 12.7. The fourth-order valence-corrected chi connectivity index (χ4v) is 3.13. The molecule has 1 saturated carbocycles. The van der Waals surface area contributed by atoms with Crippen molar-refractivity contribution in [3.05, 3.63) is 27.1 Å². The van der Waals surface area contributed by atoms with E-state index in [9.17, 15) is 4.79 Å². The van der Waals surface area contributed by atoms with Crippen LogP contribution in [0.15, 0.2) is 10.9 Å². The second-order valence-corrected chi connectivity index (χ2v) is 6.56. The summed E-state index contributed by atoms with van der Waals surface area (Å²) >= 11 is 1.46. The Morgan fingerprint density at radius 2 is 2.26 bits per heavy atom. The van der Waals surface area contributed by atoms with Crippen LogP contribution in [-0.4, -0.2) is 31.6 Å². The Bertz CT molecular complexity index is 654. The molecule has 6 heteroatoms. The maximum Gasteiger partial charge on any atom is 0.275 e. The maximum absolute atomic E-state index is 12.0. The quantitative estimate of drug-likeness (QED) is 0.856. The van der Waals surface area contributed by atoms with E-state index in [1.165, 1.54) is 28.7 Å². The van der Waals surface area contributed by atoms with E-state index in [2.05, 4.69) is 28.8 Å². The number of aromatic nitrogens is 3. The number of hydrogen-bond donors (Lipinski definition) is 0. The van der Waals surface area contributed by atoms with Crippen LogP contribution in [0.2, 0.25) is 0 Å². The van der Waals surface area contributed by atoms with Gasteiger partial charge in [-0.25, -0.2) is 4.98 Å². The van der Waals surface area contributed by atoms with Crippen LogP contribution in [0, 0.1) is 6.92 Å². The normalized spacial score (nSPS) is 15.8. The van der Waals surface area contributed by atoms with Crippen LogP contribution in [0.1, 0.15) is 37.4 Å². The molecular weight excluding hydrogens is 260 g/mol. The van der Waals surface area contributed by atoms with Gasteiger partial charge in [0.1, 0.15) is 5.01 Å². The second-order valence-electron chi connectivity index (χ2n) is 5.40. The third kappa shape index (κ3) is 2.55. The molecule has 1 aliphatic rings. The average Bonchev–Trinajstić information content (AvgIpc) is 3.08. The summed E-state index contributed by atoms with van der Waals surface area (Å²) in [6.07, 6.45) is 2.53. The highest BCUT2D eigenvalue weighted by Gasteiger charge is 2.31. The Morgan fingerprint density at radius 3 is 2.89 bits per heavy atom. The summed E-state index contributed by atoms with van der Waals surface area (Å²) in [5.41, 5.74) is 0.776. The monoisotopic (exact) mass is 278 g/mol. The molecule has 1 fully saturated rings. The van der Waals surface area contributed by atoms with Gasteiger partial charge in [0.25, 0.3) is 5.56 Å². The molecule has 2 heterocycles. The summed E-state index contributed by atoms with van der Waals surface area (Å²) in [5, 5.41) is 5.03. The van der Waals surface area contributed by atoms with E-state index in [-0.39, 0.29) is 5.56 Å². The Balaban J connectivity index is 1.94. The van der Waals surface area contributed by atoms with Crippen molar-refractivity contribution in [2.24, 2.45) is 0 Å². The molecule has 0 radical (unpaired) electrons. The molecule has 0 unspecified atom stereocenters. The Morgan fingerprint density at radius 1 is 1.53 bits per heavy atom. The molecule has 19 heavy (non-hydrogen) atoms. The van der Waals surface area contributed by atoms with Gasteiger partial charge in [0, 0.05) is 24.7 Å². The number of fused-ring (bicyclic) bond motifs is 1. The van der Waals surface area contributed by atoms with E-state index < -0.39 is 0 Å². The van der Waals surface area contributed by atoms with Crippen molar-refractivity contribution >= 4 is 16.3 Å². The van der Waals surface area contributed by atoms with Crippen LogP contribution in [0.5, 0.6) is 0 Å². The molecule has 0 aliphatic heterocycles. The minimum Gasteiger partial charge on any atom is -0.292 e. The van der Waals surface area contributed by atoms with Crippen LogP contribution in [0.4, 0.5) is 0 Å². The molecule has 5 nitrogen and oxygen atoms in total. The predicted molar refractivity (Wildman–Crippen MR) is 75.6 cm³/mol. The molecule has 0 bridgehead atoms. The molecule has 1 aliphatic carbocycles. The van der Waals surface area contributed by atoms with E-state index in [1.807, 2.05) is 6.92 Å². The van der Waals surface area contributed by atoms with Gasteiger partial charge in [0.15, 0.2) is 0 Å². The van der Waals surface area contributed by atoms with Gasteiger partial charge in [-0.15, -0.1) is 0 Å². The van der Waals surface area contributed by atoms with Gasteiger partial charge in [-0.05, 0) is 33.6 Å². The zero-order chi connectivity index (χ0) is 13.6. The first-order valence-electron chi connectivity index (χ1n) is 6.67. The number of nitrogens with zero attached hydrogens (tertiary/aromatic N) is 4. The van der Waals surface area contributed by atoms with Crippen LogP contribution < -0.4 is 5.56 Å². The summed E-state index contributed by atoms with van der Waals surface area (Å²) in [6, 6.07) is 2.77. The lowest BCUT2D eigenvalue weighted by atomic mass is 10.2. The van der Waals surface area contributed by atoms with Gasteiger partial charge in [-0.2, -0.15) is 9.61 Å². The predicted octanol–water partition coefficient (Wildman–Crippen LogP) is 1.83. The highest BCUT2D eigenvalue weighted by molar-refractivity contribution is 7.16. The second kappa shape index (κ2) is 4.68. The summed E-state index contributed by atoms with van der Waals surface area (Å²) in [6.45, 7) is 7.04. The molecular formula is C13H18N4OS. The fraction of sp³-hybridized carbons (Fsp3) is 0.615. The molecule has 0 amide bonds. The summed E-state index contributed by atoms with van der Waals surface area (Å²) < 4.78 is 1.39. The number of aryl methyl sites for hydroxylation is 1. The van der Waals surface area contributed by atoms with Crippen molar-refractivity contribution in [1.29, 1.82) is 0 Å².